The minimum absolute atomic E-state index is 0.333. The first-order chi connectivity index (χ1) is 6.92. The van der Waals surface area contributed by atoms with Crippen LogP contribution in [0.15, 0.2) is 11.9 Å². The molecule has 0 rings (SSSR count). The molecule has 1 unspecified atom stereocenters. The molecule has 1 atom stereocenters. The second kappa shape index (κ2) is 6.26. The summed E-state index contributed by atoms with van der Waals surface area (Å²) in [7, 11) is 0. The molecule has 86 valence electrons. The Morgan fingerprint density at radius 3 is 2.80 bits per heavy atom. The summed E-state index contributed by atoms with van der Waals surface area (Å²) in [6.07, 6.45) is 2.66. The molecule has 0 amide bonds. The van der Waals surface area contributed by atoms with Gasteiger partial charge in [0.1, 0.15) is 5.83 Å². The smallest absolute Gasteiger partial charge is 0.330 e. The third kappa shape index (κ3) is 4.66. The Morgan fingerprint density at radius 2 is 2.33 bits per heavy atom. The standard InChI is InChI=1S/C9H16FN3O2/c1-9(12,8(14)15)7(10)3-2-5-13-6-4-11/h3-4,11,13H,2,5-6,12H2,1H3,(H,14,15)/b7-3-,11-4?. The van der Waals surface area contributed by atoms with Gasteiger partial charge in [-0.1, -0.05) is 0 Å². The third-order valence-electron chi connectivity index (χ3n) is 1.83. The van der Waals surface area contributed by atoms with Gasteiger partial charge in [0.05, 0.1) is 0 Å². The van der Waals surface area contributed by atoms with Crippen LogP contribution in [-0.4, -0.2) is 35.9 Å². The lowest BCUT2D eigenvalue weighted by molar-refractivity contribution is -0.141. The number of nitrogens with two attached hydrogens (primary N) is 1. The number of carboxylic acid groups (broad SMARTS) is 1. The average molecular weight is 217 g/mol. The number of rotatable bonds is 7. The summed E-state index contributed by atoms with van der Waals surface area (Å²) in [5, 5.41) is 18.1. The molecule has 0 heterocycles. The number of hydrogen-bond acceptors (Lipinski definition) is 4. The lowest BCUT2D eigenvalue weighted by Crippen LogP contribution is -2.45. The monoisotopic (exact) mass is 217 g/mol. The van der Waals surface area contributed by atoms with E-state index in [1.165, 1.54) is 6.21 Å². The summed E-state index contributed by atoms with van der Waals surface area (Å²) in [6.45, 7) is 1.99. The molecule has 0 aromatic carbocycles. The van der Waals surface area contributed by atoms with Crippen molar-refractivity contribution in [3.63, 3.8) is 0 Å². The van der Waals surface area contributed by atoms with Crippen molar-refractivity contribution in [3.8, 4) is 0 Å². The van der Waals surface area contributed by atoms with E-state index in [4.69, 9.17) is 16.2 Å². The Hall–Kier alpha value is -1.27. The Labute approximate surface area is 87.7 Å². The van der Waals surface area contributed by atoms with Gasteiger partial charge in [-0.3, -0.25) is 0 Å². The number of carbonyl (C=O) groups is 1. The first kappa shape index (κ1) is 13.7. The van der Waals surface area contributed by atoms with E-state index in [0.29, 0.717) is 19.5 Å². The van der Waals surface area contributed by atoms with Crippen molar-refractivity contribution in [1.82, 2.24) is 5.32 Å². The zero-order chi connectivity index (χ0) is 11.9. The molecule has 0 radical (unpaired) electrons. The van der Waals surface area contributed by atoms with Crippen molar-refractivity contribution in [2.24, 2.45) is 5.73 Å². The van der Waals surface area contributed by atoms with Crippen molar-refractivity contribution in [3.05, 3.63) is 11.9 Å². The van der Waals surface area contributed by atoms with E-state index >= 15 is 0 Å². The number of nitrogens with one attached hydrogen (secondary N) is 2. The fourth-order valence-corrected chi connectivity index (χ4v) is 0.789. The number of hydrogen-bond donors (Lipinski definition) is 4. The Kier molecular flexibility index (Phi) is 5.73. The van der Waals surface area contributed by atoms with Gasteiger partial charge in [-0.2, -0.15) is 0 Å². The highest BCUT2D eigenvalue weighted by atomic mass is 19.1. The summed E-state index contributed by atoms with van der Waals surface area (Å²) < 4.78 is 13.2. The quantitative estimate of drug-likeness (QED) is 0.363. The lowest BCUT2D eigenvalue weighted by Gasteiger charge is -2.16. The maximum absolute atomic E-state index is 13.2. The van der Waals surface area contributed by atoms with Crippen LogP contribution < -0.4 is 11.1 Å². The second-order valence-electron chi connectivity index (χ2n) is 3.26. The van der Waals surface area contributed by atoms with Crippen LogP contribution in [0.2, 0.25) is 0 Å². The van der Waals surface area contributed by atoms with E-state index < -0.39 is 17.3 Å². The van der Waals surface area contributed by atoms with Crippen LogP contribution in [0.4, 0.5) is 4.39 Å². The van der Waals surface area contributed by atoms with Gasteiger partial charge in [0.25, 0.3) is 0 Å². The van der Waals surface area contributed by atoms with Gasteiger partial charge in [-0.25, -0.2) is 9.18 Å². The van der Waals surface area contributed by atoms with Crippen molar-refractivity contribution in [2.75, 3.05) is 13.1 Å². The normalized spacial score (nSPS) is 15.8. The largest absolute Gasteiger partial charge is 0.480 e. The Morgan fingerprint density at radius 1 is 1.73 bits per heavy atom. The van der Waals surface area contributed by atoms with Gasteiger partial charge in [0, 0.05) is 12.8 Å². The molecular formula is C9H16FN3O2. The molecule has 0 fully saturated rings. The molecule has 15 heavy (non-hydrogen) atoms. The topological polar surface area (TPSA) is 99.2 Å². The summed E-state index contributed by atoms with van der Waals surface area (Å²) in [5.41, 5.74) is 3.29. The zero-order valence-corrected chi connectivity index (χ0v) is 8.59. The highest BCUT2D eigenvalue weighted by Crippen LogP contribution is 2.15. The minimum Gasteiger partial charge on any atom is -0.480 e. The molecule has 0 saturated carbocycles. The van der Waals surface area contributed by atoms with Crippen LogP contribution in [0, 0.1) is 5.41 Å². The maximum Gasteiger partial charge on any atom is 0.330 e. The van der Waals surface area contributed by atoms with Crippen LogP contribution in [0.5, 0.6) is 0 Å². The van der Waals surface area contributed by atoms with Crippen LogP contribution in [-0.2, 0) is 4.79 Å². The number of aliphatic carboxylic acids is 1. The zero-order valence-electron chi connectivity index (χ0n) is 8.59. The van der Waals surface area contributed by atoms with Crippen molar-refractivity contribution < 1.29 is 14.3 Å². The van der Waals surface area contributed by atoms with Crippen molar-refractivity contribution in [1.29, 1.82) is 5.41 Å². The first-order valence-electron chi connectivity index (χ1n) is 4.51. The summed E-state index contributed by atoms with van der Waals surface area (Å²) >= 11 is 0. The third-order valence-corrected chi connectivity index (χ3v) is 1.83. The Bertz CT molecular complexity index is 264. The van der Waals surface area contributed by atoms with Gasteiger partial charge in [-0.15, -0.1) is 0 Å². The highest BCUT2D eigenvalue weighted by Gasteiger charge is 2.33. The summed E-state index contributed by atoms with van der Waals surface area (Å²) in [5.74, 6) is -2.25. The number of halogens is 1. The Balaban J connectivity index is 4.08. The summed E-state index contributed by atoms with van der Waals surface area (Å²) in [4.78, 5) is 10.5. The van der Waals surface area contributed by atoms with E-state index in [9.17, 15) is 9.18 Å². The molecule has 5 N–H and O–H groups in total. The molecular weight excluding hydrogens is 201 g/mol. The van der Waals surface area contributed by atoms with Gasteiger partial charge in [0.15, 0.2) is 5.54 Å². The highest BCUT2D eigenvalue weighted by molar-refractivity contribution is 5.81. The van der Waals surface area contributed by atoms with Crippen LogP contribution in [0.3, 0.4) is 0 Å². The predicted molar refractivity (Wildman–Crippen MR) is 55.7 cm³/mol. The molecule has 0 aromatic heterocycles. The van der Waals surface area contributed by atoms with Crippen LogP contribution >= 0.6 is 0 Å². The second-order valence-corrected chi connectivity index (χ2v) is 3.26. The van der Waals surface area contributed by atoms with Gasteiger partial charge < -0.3 is 21.6 Å². The first-order valence-corrected chi connectivity index (χ1v) is 4.51. The fraction of sp³-hybridized carbons (Fsp3) is 0.556. The van der Waals surface area contributed by atoms with E-state index in [0.717, 1.165) is 13.0 Å². The van der Waals surface area contributed by atoms with Crippen molar-refractivity contribution in [2.45, 2.75) is 18.9 Å². The van der Waals surface area contributed by atoms with E-state index in [2.05, 4.69) is 5.32 Å². The van der Waals surface area contributed by atoms with Gasteiger partial charge >= 0.3 is 5.97 Å². The molecule has 0 bridgehead atoms. The van der Waals surface area contributed by atoms with E-state index in [1.807, 2.05) is 0 Å². The summed E-state index contributed by atoms with van der Waals surface area (Å²) in [6, 6.07) is 0. The fourth-order valence-electron chi connectivity index (χ4n) is 0.789. The molecule has 0 saturated heterocycles. The minimum atomic E-state index is -1.96. The molecule has 0 aromatic rings. The van der Waals surface area contributed by atoms with E-state index in [-0.39, 0.29) is 0 Å². The molecule has 5 nitrogen and oxygen atoms in total. The van der Waals surface area contributed by atoms with Gasteiger partial charge in [0.2, 0.25) is 0 Å². The molecule has 0 aliphatic carbocycles. The molecule has 0 aliphatic heterocycles. The van der Waals surface area contributed by atoms with E-state index in [1.54, 1.807) is 0 Å². The van der Waals surface area contributed by atoms with Crippen LogP contribution in [0.25, 0.3) is 0 Å². The lowest BCUT2D eigenvalue weighted by atomic mass is 10.0. The number of carboxylic acids is 1. The molecule has 0 spiro atoms. The average Bonchev–Trinajstić information content (AvgIpc) is 2.16. The predicted octanol–water partition coefficient (Wildman–Crippen LogP) is 0.271. The van der Waals surface area contributed by atoms with Crippen molar-refractivity contribution >= 4 is 12.2 Å². The SMILES string of the molecule is CC(N)(C(=O)O)/C(F)=C/CCNCC=N. The molecule has 6 heteroatoms. The van der Waals surface area contributed by atoms with Gasteiger partial charge in [-0.05, 0) is 26.0 Å². The molecule has 0 aliphatic rings. The maximum atomic E-state index is 13.2. The van der Waals surface area contributed by atoms with Crippen LogP contribution in [0.1, 0.15) is 13.3 Å².